The van der Waals surface area contributed by atoms with Gasteiger partial charge in [-0.25, -0.2) is 0 Å². The van der Waals surface area contributed by atoms with E-state index in [1.807, 2.05) is 0 Å². The number of benzene rings is 23. The van der Waals surface area contributed by atoms with Gasteiger partial charge in [-0.1, -0.05) is 463 Å². The number of nitrogens with zero attached hydrogens (tertiary/aromatic N) is 1. The highest BCUT2D eigenvalue weighted by molar-refractivity contribution is 7.03. The third kappa shape index (κ3) is 13.4. The number of aryl methyl sites for hydroxylation is 1. The minimum atomic E-state index is -1.75. The molecule has 0 atom stereocenters. The summed E-state index contributed by atoms with van der Waals surface area (Å²) in [4.78, 5) is 0. The number of rotatable bonds is 9. The SMILES string of the molecule is CC1(C)C(c2c3ccccc3c(-c3ccc4c(c3)C(C)(C)c3ccccc3-4)c3cc(-c4ccccc4)ccc23)=Cc2ccccc21.CC1(C)c2ccccc2-c2ccc(-c3c4ccccc4c(-c4ccc5c(c4)-c4ccccc4[Si]5(C)C)c4ccc(-c5ccccc5)cc34)cc21.Cn1c2ccccc2c2cc(-c3c4ccccc4c(-c4ccc5c(c4)C(C)(C)c4ccccc4-5)c4cc(-c5ccccc5)ccc34)ccc21. The van der Waals surface area contributed by atoms with Crippen LogP contribution in [-0.2, 0) is 28.7 Å². The Labute approximate surface area is 850 Å². The van der Waals surface area contributed by atoms with Crippen molar-refractivity contribution in [1.82, 2.24) is 4.57 Å². The van der Waals surface area contributed by atoms with Crippen LogP contribution in [0.15, 0.2) is 455 Å². The van der Waals surface area contributed by atoms with E-state index in [9.17, 15) is 0 Å². The molecule has 0 fully saturated rings. The summed E-state index contributed by atoms with van der Waals surface area (Å²) in [6, 6.07) is 171. The third-order valence-electron chi connectivity index (χ3n) is 34.0. The number of hydrogen-bond acceptors (Lipinski definition) is 0. The van der Waals surface area contributed by atoms with Crippen molar-refractivity contribution in [3.8, 4) is 134 Å². The van der Waals surface area contributed by atoms with Crippen molar-refractivity contribution in [2.75, 3.05) is 0 Å². The molecule has 23 aromatic carbocycles. The quantitative estimate of drug-likeness (QED) is 0.100. The van der Waals surface area contributed by atoms with Crippen molar-refractivity contribution in [2.45, 2.75) is 90.1 Å². The van der Waals surface area contributed by atoms with E-state index in [1.54, 1.807) is 10.4 Å². The molecular formula is C143H109NSi. The second-order valence-corrected chi connectivity index (χ2v) is 47.9. The smallest absolute Gasteiger partial charge is 0.113 e. The summed E-state index contributed by atoms with van der Waals surface area (Å²) in [5, 5.41) is 21.2. The molecule has 29 rings (SSSR count). The Hall–Kier alpha value is -16.6. The maximum Gasteiger partial charge on any atom is 0.113 e. The number of hydrogen-bond donors (Lipinski definition) is 0. The minimum Gasteiger partial charge on any atom is -0.344 e. The highest BCUT2D eigenvalue weighted by atomic mass is 28.3. The zero-order valence-corrected chi connectivity index (χ0v) is 84.8. The summed E-state index contributed by atoms with van der Waals surface area (Å²) in [6.45, 7) is 24.0. The van der Waals surface area contributed by atoms with Crippen LogP contribution in [0, 0.1) is 0 Å². The topological polar surface area (TPSA) is 4.93 Å². The Kier molecular flexibility index (Phi) is 19.9. The number of aromatic nitrogens is 1. The first-order chi connectivity index (χ1) is 70.6. The van der Waals surface area contributed by atoms with E-state index in [0.29, 0.717) is 0 Å². The standard InChI is InChI=1S/C49H38Si.C48H35N.C46H36/c1-49(2)43-20-12-10-16-35(43)36-25-23-34(30-44(36)49)48-39-19-9-8-18-38(39)47(40-26-22-32(28-42(40)48)31-14-6-5-7-15-31)33-24-27-46-41(29-33)37-17-11-13-21-45(37)50(46,3)4;1-48(2)42-19-11-9-15-34(42)35-24-22-33(29-43(35)48)47-38-18-8-7-17-37(38)46(39-25-21-31(27-41(39)47)30-13-5-4-6-14-30)32-23-26-45-40(28-32)36-16-10-12-20-44(36)49(45)3;1-45(2)39-20-12-8-16-31(39)27-42(45)44-36-19-10-9-18-35(36)43(38-26-30(22-25-37(38)44)29-14-6-5-7-15-29)32-23-24-34-33-17-11-13-21-40(33)46(3,4)41(34)28-32/h5-30H,1-4H3;4-29H,1-3H3;5-28H,1-4H3. The predicted molar refractivity (Wildman–Crippen MR) is 624 cm³/mol. The average Bonchev–Trinajstić information content (AvgIpc) is 1.67. The third-order valence-corrected chi connectivity index (χ3v) is 37.5. The first-order valence-electron chi connectivity index (χ1n) is 51.6. The van der Waals surface area contributed by atoms with Crippen molar-refractivity contribution in [3.63, 3.8) is 0 Å². The molecule has 0 bridgehead atoms. The van der Waals surface area contributed by atoms with Crippen LogP contribution in [0.25, 0.3) is 232 Å². The second-order valence-electron chi connectivity index (χ2n) is 43.6. The Morgan fingerprint density at radius 3 is 0.883 bits per heavy atom. The van der Waals surface area contributed by atoms with E-state index in [1.165, 1.54) is 276 Å². The molecular weight excluding hydrogens is 1760 g/mol. The van der Waals surface area contributed by atoms with Crippen LogP contribution in [0.4, 0.5) is 0 Å². The van der Waals surface area contributed by atoms with Crippen molar-refractivity contribution in [1.29, 1.82) is 0 Å². The lowest BCUT2D eigenvalue weighted by Gasteiger charge is -2.28. The fourth-order valence-corrected chi connectivity index (χ4v) is 29.7. The number of para-hydroxylation sites is 1. The van der Waals surface area contributed by atoms with Crippen LogP contribution < -0.4 is 10.4 Å². The molecule has 2 heteroatoms. The maximum absolute atomic E-state index is 2.50. The number of allylic oxidation sites excluding steroid dienone is 1. The van der Waals surface area contributed by atoms with Gasteiger partial charge in [-0.2, -0.15) is 0 Å². The normalized spacial score (nSPS) is 14.5. The summed E-state index contributed by atoms with van der Waals surface area (Å²) in [5.41, 5.74) is 47.4. The molecule has 0 saturated heterocycles. The van der Waals surface area contributed by atoms with Crippen LogP contribution in [0.1, 0.15) is 105 Å². The molecule has 4 aliphatic carbocycles. The fraction of sp³-hybridized carbons (Fsp3) is 0.105. The van der Waals surface area contributed by atoms with E-state index < -0.39 is 8.07 Å². The van der Waals surface area contributed by atoms with Gasteiger partial charge in [0.05, 0.1) is 0 Å². The van der Waals surface area contributed by atoms with Gasteiger partial charge in [0, 0.05) is 50.5 Å². The van der Waals surface area contributed by atoms with Crippen molar-refractivity contribution < 1.29 is 0 Å². The summed E-state index contributed by atoms with van der Waals surface area (Å²) in [5.74, 6) is 0. The Balaban J connectivity index is 0.000000108. The molecule has 2 heterocycles. The lowest BCUT2D eigenvalue weighted by molar-refractivity contribution is 0.660. The monoisotopic (exact) mass is 1870 g/mol. The van der Waals surface area contributed by atoms with Crippen molar-refractivity contribution in [3.05, 3.63) is 505 Å². The van der Waals surface area contributed by atoms with Crippen LogP contribution in [0.2, 0.25) is 13.1 Å². The molecule has 0 radical (unpaired) electrons. The molecule has 1 aliphatic heterocycles. The Morgan fingerprint density at radius 1 is 0.172 bits per heavy atom. The van der Waals surface area contributed by atoms with Crippen LogP contribution >= 0.6 is 0 Å². The van der Waals surface area contributed by atoms with Gasteiger partial charge in [0.15, 0.2) is 0 Å². The largest absolute Gasteiger partial charge is 0.344 e. The molecule has 0 spiro atoms. The molecule has 145 heavy (non-hydrogen) atoms. The van der Waals surface area contributed by atoms with Crippen LogP contribution in [0.3, 0.4) is 0 Å². The van der Waals surface area contributed by atoms with Gasteiger partial charge in [-0.15, -0.1) is 0 Å². The van der Waals surface area contributed by atoms with E-state index in [4.69, 9.17) is 0 Å². The van der Waals surface area contributed by atoms with E-state index in [-0.39, 0.29) is 21.7 Å². The van der Waals surface area contributed by atoms with Gasteiger partial charge in [0.2, 0.25) is 0 Å². The molecule has 0 amide bonds. The van der Waals surface area contributed by atoms with E-state index >= 15 is 0 Å². The molecule has 0 N–H and O–H groups in total. The Morgan fingerprint density at radius 2 is 0.455 bits per heavy atom. The minimum absolute atomic E-state index is 0.0624. The number of fused-ring (bicyclic) bond motifs is 22. The molecule has 690 valence electrons. The van der Waals surface area contributed by atoms with Gasteiger partial charge in [-0.3, -0.25) is 0 Å². The molecule has 1 aromatic heterocycles. The molecule has 24 aromatic rings. The lowest BCUT2D eigenvalue weighted by Crippen LogP contribution is -2.49. The summed E-state index contributed by atoms with van der Waals surface area (Å²) < 4.78 is 2.31. The van der Waals surface area contributed by atoms with Gasteiger partial charge in [-0.05, 0) is 331 Å². The van der Waals surface area contributed by atoms with Gasteiger partial charge >= 0.3 is 0 Å². The predicted octanol–water partition coefficient (Wildman–Crippen LogP) is 37.5. The summed E-state index contributed by atoms with van der Waals surface area (Å²) in [7, 11) is 0.417. The van der Waals surface area contributed by atoms with Crippen molar-refractivity contribution in [2.24, 2.45) is 7.05 Å². The summed E-state index contributed by atoms with van der Waals surface area (Å²) >= 11 is 0. The highest BCUT2D eigenvalue weighted by Crippen LogP contribution is 2.59. The van der Waals surface area contributed by atoms with E-state index in [2.05, 4.69) is 541 Å². The van der Waals surface area contributed by atoms with Gasteiger partial charge in [0.25, 0.3) is 0 Å². The Bertz CT molecular complexity index is 9640. The van der Waals surface area contributed by atoms with E-state index in [0.717, 1.165) is 0 Å². The second kappa shape index (κ2) is 33.0. The fourth-order valence-electron chi connectivity index (χ4n) is 26.6. The lowest BCUT2D eigenvalue weighted by atomic mass is 9.75. The summed E-state index contributed by atoms with van der Waals surface area (Å²) in [6.07, 6.45) is 2.44. The zero-order valence-electron chi connectivity index (χ0n) is 83.8. The van der Waals surface area contributed by atoms with Crippen LogP contribution in [0.5, 0.6) is 0 Å². The molecule has 1 nitrogen and oxygen atoms in total. The molecule has 0 unspecified atom stereocenters. The molecule has 0 saturated carbocycles. The van der Waals surface area contributed by atoms with Gasteiger partial charge < -0.3 is 4.57 Å². The maximum atomic E-state index is 2.50. The highest BCUT2D eigenvalue weighted by Gasteiger charge is 2.43. The zero-order chi connectivity index (χ0) is 97.8. The van der Waals surface area contributed by atoms with Gasteiger partial charge in [0.1, 0.15) is 8.07 Å². The van der Waals surface area contributed by atoms with Crippen molar-refractivity contribution >= 4 is 117 Å². The molecule has 5 aliphatic rings. The average molecular weight is 1870 g/mol. The van der Waals surface area contributed by atoms with Crippen LogP contribution in [-0.4, -0.2) is 12.6 Å². The first-order valence-corrected chi connectivity index (χ1v) is 54.6. The first kappa shape index (κ1) is 87.4.